The Kier molecular flexibility index (Phi) is 6.43. The molecule has 0 bridgehead atoms. The molecule has 15 heteroatoms. The second kappa shape index (κ2) is 8.26. The Morgan fingerprint density at radius 1 is 1.29 bits per heavy atom. The molecule has 2 rings (SSSR count). The topological polar surface area (TPSA) is 136 Å². The van der Waals surface area contributed by atoms with E-state index in [9.17, 15) is 25.6 Å². The maximum Gasteiger partial charge on any atom is 0.323 e. The highest BCUT2D eigenvalue weighted by Crippen LogP contribution is 2.12. The molecule has 0 aliphatic carbocycles. The first-order valence-electron chi connectivity index (χ1n) is 7.39. The summed E-state index contributed by atoms with van der Waals surface area (Å²) in [6, 6.07) is 2.55. The fraction of sp³-hybridized carbons (Fsp3) is 0.308. The molecule has 1 heterocycles. The van der Waals surface area contributed by atoms with Crippen molar-refractivity contribution in [2.24, 2.45) is 5.16 Å². The number of aromatic nitrogens is 3. The summed E-state index contributed by atoms with van der Waals surface area (Å²) >= 11 is 0. The molecule has 1 N–H and O–H groups in total. The minimum Gasteiger partial charge on any atom is -0.399 e. The fourth-order valence-corrected chi connectivity index (χ4v) is 3.44. The van der Waals surface area contributed by atoms with Crippen LogP contribution >= 0.6 is 0 Å². The molecule has 0 spiro atoms. The monoisotopic (exact) mass is 438 g/mol. The number of halogens is 2. The van der Waals surface area contributed by atoms with Crippen molar-refractivity contribution in [2.75, 3.05) is 27.7 Å². The van der Waals surface area contributed by atoms with Crippen LogP contribution in [-0.4, -0.2) is 68.8 Å². The molecule has 28 heavy (non-hydrogen) atoms. The van der Waals surface area contributed by atoms with Crippen molar-refractivity contribution in [1.82, 2.24) is 23.2 Å². The van der Waals surface area contributed by atoms with E-state index >= 15 is 0 Å². The van der Waals surface area contributed by atoms with Gasteiger partial charge in [0.1, 0.15) is 30.8 Å². The zero-order chi connectivity index (χ0) is 21.1. The van der Waals surface area contributed by atoms with Gasteiger partial charge in [0, 0.05) is 19.7 Å². The van der Waals surface area contributed by atoms with Gasteiger partial charge in [-0.05, 0) is 18.2 Å². The van der Waals surface area contributed by atoms with Gasteiger partial charge < -0.3 is 4.84 Å². The summed E-state index contributed by atoms with van der Waals surface area (Å²) in [4.78, 5) is 8.00. The molecular weight excluding hydrogens is 422 g/mol. The molecule has 0 unspecified atom stereocenters. The normalized spacial score (nSPS) is 13.1. The third-order valence-electron chi connectivity index (χ3n) is 3.26. The number of sulfonamides is 1. The average molecular weight is 438 g/mol. The lowest BCUT2D eigenvalue weighted by Gasteiger charge is -2.10. The van der Waals surface area contributed by atoms with E-state index in [-0.39, 0.29) is 11.3 Å². The fourth-order valence-electron chi connectivity index (χ4n) is 1.87. The van der Waals surface area contributed by atoms with E-state index in [1.54, 1.807) is 0 Å². The zero-order valence-electron chi connectivity index (χ0n) is 14.9. The van der Waals surface area contributed by atoms with Gasteiger partial charge in [-0.2, -0.15) is 12.7 Å². The first kappa shape index (κ1) is 21.8. The summed E-state index contributed by atoms with van der Waals surface area (Å²) in [5.41, 5.74) is -0.582. The number of hydrogen-bond acceptors (Lipinski definition) is 8. The summed E-state index contributed by atoms with van der Waals surface area (Å²) in [5.74, 6) is -1.62. The summed E-state index contributed by atoms with van der Waals surface area (Å²) in [6.07, 6.45) is 0.709. The number of rotatable bonds is 8. The van der Waals surface area contributed by atoms with E-state index in [0.29, 0.717) is 10.4 Å². The highest BCUT2D eigenvalue weighted by Gasteiger charge is 2.25. The summed E-state index contributed by atoms with van der Waals surface area (Å²) < 4.78 is 79.0. The lowest BCUT2D eigenvalue weighted by Crippen LogP contribution is -2.32. The number of nitrogens with zero attached hydrogens (tertiary/aromatic N) is 5. The molecule has 0 radical (unpaired) electrons. The van der Waals surface area contributed by atoms with Gasteiger partial charge in [0.05, 0.1) is 6.54 Å². The second-order valence-corrected chi connectivity index (χ2v) is 9.02. The van der Waals surface area contributed by atoms with Crippen molar-refractivity contribution in [2.45, 2.75) is 5.16 Å². The average Bonchev–Trinajstić information content (AvgIpc) is 3.12. The van der Waals surface area contributed by atoms with Crippen LogP contribution in [0.25, 0.3) is 0 Å². The Labute approximate surface area is 159 Å². The minimum absolute atomic E-state index is 0.261. The van der Waals surface area contributed by atoms with E-state index in [1.807, 2.05) is 4.72 Å². The van der Waals surface area contributed by atoms with Crippen molar-refractivity contribution in [1.29, 1.82) is 0 Å². The standard InChI is InChI=1S/C13H16F2N6O5S2/c1-20(2)28(24,25)21-8-16-13(18-21)27(22,23)17-7-12(19-26-3)10-6-9(14)4-5-11(10)15/h4-6,8,17H,7H2,1-3H3/b19-12+. The predicted octanol–water partition coefficient (Wildman–Crippen LogP) is -0.460. The Morgan fingerprint density at radius 3 is 2.57 bits per heavy atom. The highest BCUT2D eigenvalue weighted by molar-refractivity contribution is 7.89. The molecule has 0 aliphatic rings. The summed E-state index contributed by atoms with van der Waals surface area (Å²) in [6.45, 7) is -0.606. The van der Waals surface area contributed by atoms with Crippen LogP contribution in [0.1, 0.15) is 5.56 Å². The molecular formula is C13H16F2N6O5S2. The molecule has 1 aromatic heterocycles. The van der Waals surface area contributed by atoms with Crippen molar-refractivity contribution in [3.8, 4) is 0 Å². The van der Waals surface area contributed by atoms with Crippen molar-refractivity contribution >= 4 is 25.9 Å². The van der Waals surface area contributed by atoms with Crippen molar-refractivity contribution in [3.05, 3.63) is 41.7 Å². The van der Waals surface area contributed by atoms with Crippen LogP contribution in [0.15, 0.2) is 34.8 Å². The summed E-state index contributed by atoms with van der Waals surface area (Å²) in [7, 11) is -4.87. The van der Waals surface area contributed by atoms with Gasteiger partial charge in [-0.3, -0.25) is 0 Å². The zero-order valence-corrected chi connectivity index (χ0v) is 16.5. The SMILES string of the molecule is CO/N=C(\CNS(=O)(=O)c1ncn(S(=O)(=O)N(C)C)n1)c1cc(F)ccc1F. The predicted molar refractivity (Wildman–Crippen MR) is 93.1 cm³/mol. The van der Waals surface area contributed by atoms with Crippen LogP contribution < -0.4 is 4.72 Å². The molecule has 0 fully saturated rings. The Bertz CT molecular complexity index is 1100. The van der Waals surface area contributed by atoms with Crippen molar-refractivity contribution in [3.63, 3.8) is 0 Å². The second-order valence-electron chi connectivity index (χ2n) is 5.36. The lowest BCUT2D eigenvalue weighted by atomic mass is 10.1. The van der Waals surface area contributed by atoms with Gasteiger partial charge >= 0.3 is 10.2 Å². The van der Waals surface area contributed by atoms with Crippen molar-refractivity contribution < 1.29 is 30.5 Å². The Hall–Kier alpha value is -2.49. The number of hydrogen-bond donors (Lipinski definition) is 1. The first-order valence-corrected chi connectivity index (χ1v) is 10.3. The largest absolute Gasteiger partial charge is 0.399 e. The quantitative estimate of drug-likeness (QED) is 0.435. The van der Waals surface area contributed by atoms with Crippen LogP contribution in [0.4, 0.5) is 8.78 Å². The molecule has 11 nitrogen and oxygen atoms in total. The van der Waals surface area contributed by atoms with E-state index in [4.69, 9.17) is 0 Å². The highest BCUT2D eigenvalue weighted by atomic mass is 32.2. The molecule has 0 atom stereocenters. The third kappa shape index (κ3) is 4.67. The van der Waals surface area contributed by atoms with Gasteiger partial charge in [0.2, 0.25) is 0 Å². The first-order chi connectivity index (χ1) is 13.0. The lowest BCUT2D eigenvalue weighted by molar-refractivity contribution is 0.213. The third-order valence-corrected chi connectivity index (χ3v) is 6.02. The summed E-state index contributed by atoms with van der Waals surface area (Å²) in [5, 5.41) is 6.08. The van der Waals surface area contributed by atoms with Crippen LogP contribution in [0.3, 0.4) is 0 Å². The molecule has 0 amide bonds. The Morgan fingerprint density at radius 2 is 1.96 bits per heavy atom. The molecule has 154 valence electrons. The van der Waals surface area contributed by atoms with E-state index in [0.717, 1.165) is 29.6 Å². The smallest absolute Gasteiger partial charge is 0.323 e. The number of benzene rings is 1. The van der Waals surface area contributed by atoms with E-state index in [2.05, 4.69) is 20.1 Å². The van der Waals surface area contributed by atoms with Gasteiger partial charge in [-0.25, -0.2) is 26.9 Å². The van der Waals surface area contributed by atoms with Gasteiger partial charge in [0.15, 0.2) is 0 Å². The molecule has 0 saturated carbocycles. The number of nitrogens with one attached hydrogen (secondary N) is 1. The minimum atomic E-state index is -4.40. The van der Waals surface area contributed by atoms with E-state index in [1.165, 1.54) is 14.1 Å². The molecule has 0 aliphatic heterocycles. The molecule has 1 aromatic carbocycles. The Balaban J connectivity index is 2.28. The molecule has 2 aromatic rings. The maximum atomic E-state index is 13.9. The van der Waals surface area contributed by atoms with Crippen LogP contribution in [0.2, 0.25) is 0 Å². The van der Waals surface area contributed by atoms with E-state index < -0.39 is 43.6 Å². The van der Waals surface area contributed by atoms with Gasteiger partial charge in [-0.15, -0.1) is 9.19 Å². The van der Waals surface area contributed by atoms with Gasteiger partial charge in [-0.1, -0.05) is 5.16 Å². The van der Waals surface area contributed by atoms with Crippen LogP contribution in [0.5, 0.6) is 0 Å². The molecule has 0 saturated heterocycles. The van der Waals surface area contributed by atoms with Gasteiger partial charge in [0.25, 0.3) is 15.2 Å². The van der Waals surface area contributed by atoms with Crippen LogP contribution in [0, 0.1) is 11.6 Å². The van der Waals surface area contributed by atoms with Crippen LogP contribution in [-0.2, 0) is 25.1 Å². The number of oxime groups is 1. The maximum absolute atomic E-state index is 13.9.